The van der Waals surface area contributed by atoms with Crippen LogP contribution in [0.15, 0.2) is 53.7 Å². The van der Waals surface area contributed by atoms with Crippen LogP contribution in [0.1, 0.15) is 18.2 Å². The second-order valence-corrected chi connectivity index (χ2v) is 6.82. The van der Waals surface area contributed by atoms with Gasteiger partial charge in [-0.3, -0.25) is 9.78 Å². The fourth-order valence-corrected chi connectivity index (χ4v) is 2.66. The molecule has 2 aromatic rings. The summed E-state index contributed by atoms with van der Waals surface area (Å²) >= 11 is 5.91. The molecule has 0 bridgehead atoms. The number of aliphatic imine (C=N–C) groups is 1. The van der Waals surface area contributed by atoms with Gasteiger partial charge in [-0.1, -0.05) is 29.8 Å². The first-order valence-electron chi connectivity index (χ1n) is 9.49. The zero-order valence-electron chi connectivity index (χ0n) is 16.9. The molecule has 0 spiro atoms. The van der Waals surface area contributed by atoms with Crippen LogP contribution in [-0.4, -0.2) is 55.0 Å². The molecule has 0 unspecified atom stereocenters. The molecule has 1 aromatic carbocycles. The number of hydrogen-bond acceptors (Lipinski definition) is 3. The average molecular weight is 530 g/mol. The van der Waals surface area contributed by atoms with E-state index in [0.29, 0.717) is 12.5 Å². The van der Waals surface area contributed by atoms with E-state index in [1.165, 1.54) is 5.56 Å². The molecule has 2 N–H and O–H groups in total. The number of guanidine groups is 1. The van der Waals surface area contributed by atoms with Crippen molar-refractivity contribution in [3.63, 3.8) is 0 Å². The van der Waals surface area contributed by atoms with Crippen molar-refractivity contribution >= 4 is 47.4 Å². The van der Waals surface area contributed by atoms with E-state index in [1.807, 2.05) is 49.4 Å². The maximum absolute atomic E-state index is 12.3. The van der Waals surface area contributed by atoms with E-state index < -0.39 is 0 Å². The van der Waals surface area contributed by atoms with Crippen molar-refractivity contribution < 1.29 is 4.79 Å². The molecule has 0 radical (unpaired) electrons. The molecule has 6 nitrogen and oxygen atoms in total. The Morgan fingerprint density at radius 1 is 1.14 bits per heavy atom. The Labute approximate surface area is 195 Å². The SMILES string of the molecule is CCNC(=NCC(=O)N(C)CCc1ccccn1)NCCc1ccc(Cl)cc1.I. The van der Waals surface area contributed by atoms with Gasteiger partial charge >= 0.3 is 0 Å². The third-order valence-electron chi connectivity index (χ3n) is 4.19. The number of nitrogens with one attached hydrogen (secondary N) is 2. The van der Waals surface area contributed by atoms with Gasteiger partial charge in [-0.2, -0.15) is 0 Å². The standard InChI is InChI=1S/C21H28ClN5O.HI/c1-3-23-21(25-14-11-17-7-9-18(22)10-8-17)26-16-20(28)27(2)15-12-19-6-4-5-13-24-19;/h4-10,13H,3,11-12,14-16H2,1-2H3,(H2,23,25,26);1H. The van der Waals surface area contributed by atoms with Crippen molar-refractivity contribution in [2.24, 2.45) is 4.99 Å². The van der Waals surface area contributed by atoms with Gasteiger partial charge in [-0.25, -0.2) is 4.99 Å². The molecule has 0 fully saturated rings. The topological polar surface area (TPSA) is 69.6 Å². The van der Waals surface area contributed by atoms with Crippen molar-refractivity contribution in [3.8, 4) is 0 Å². The summed E-state index contributed by atoms with van der Waals surface area (Å²) in [6, 6.07) is 13.6. The first-order chi connectivity index (χ1) is 13.6. The van der Waals surface area contributed by atoms with E-state index in [-0.39, 0.29) is 36.4 Å². The smallest absolute Gasteiger partial charge is 0.244 e. The van der Waals surface area contributed by atoms with Gasteiger partial charge in [0.25, 0.3) is 0 Å². The summed E-state index contributed by atoms with van der Waals surface area (Å²) in [4.78, 5) is 22.7. The Morgan fingerprint density at radius 3 is 2.55 bits per heavy atom. The molecule has 0 aliphatic rings. The molecule has 0 aliphatic heterocycles. The molecule has 158 valence electrons. The fraction of sp³-hybridized carbons (Fsp3) is 0.381. The van der Waals surface area contributed by atoms with Gasteiger partial charge in [-0.05, 0) is 43.2 Å². The van der Waals surface area contributed by atoms with E-state index in [0.717, 1.165) is 36.6 Å². The van der Waals surface area contributed by atoms with E-state index in [4.69, 9.17) is 11.6 Å². The summed E-state index contributed by atoms with van der Waals surface area (Å²) < 4.78 is 0. The summed E-state index contributed by atoms with van der Waals surface area (Å²) in [7, 11) is 1.79. The minimum atomic E-state index is -0.0224. The number of benzene rings is 1. The number of nitrogens with zero attached hydrogens (tertiary/aromatic N) is 3. The number of pyridine rings is 1. The highest BCUT2D eigenvalue weighted by molar-refractivity contribution is 14.0. The summed E-state index contributed by atoms with van der Waals surface area (Å²) in [5.74, 6) is 0.619. The molecule has 2 rings (SSSR count). The molecule has 29 heavy (non-hydrogen) atoms. The number of halogens is 2. The first kappa shape index (κ1) is 25.2. The number of carbonyl (C=O) groups is 1. The normalized spacial score (nSPS) is 10.8. The van der Waals surface area contributed by atoms with Crippen LogP contribution >= 0.6 is 35.6 Å². The Morgan fingerprint density at radius 2 is 1.90 bits per heavy atom. The molecule has 1 amide bonds. The summed E-state index contributed by atoms with van der Waals surface area (Å²) in [6.45, 7) is 4.17. The lowest BCUT2D eigenvalue weighted by molar-refractivity contribution is -0.128. The van der Waals surface area contributed by atoms with Gasteiger partial charge in [0.1, 0.15) is 6.54 Å². The first-order valence-corrected chi connectivity index (χ1v) is 9.86. The Balaban J connectivity index is 0.00000420. The van der Waals surface area contributed by atoms with Gasteiger partial charge in [0.05, 0.1) is 0 Å². The lowest BCUT2D eigenvalue weighted by Gasteiger charge is -2.16. The third kappa shape index (κ3) is 9.94. The molecular weight excluding hydrogens is 501 g/mol. The molecule has 0 saturated carbocycles. The van der Waals surface area contributed by atoms with E-state index in [2.05, 4.69) is 20.6 Å². The van der Waals surface area contributed by atoms with Gasteiger partial charge in [0.15, 0.2) is 5.96 Å². The summed E-state index contributed by atoms with van der Waals surface area (Å²) in [5.41, 5.74) is 2.17. The van der Waals surface area contributed by atoms with Crippen LogP contribution in [0.4, 0.5) is 0 Å². The number of amides is 1. The minimum absolute atomic E-state index is 0. The molecule has 0 atom stereocenters. The quantitative estimate of drug-likeness (QED) is 0.297. The molecule has 1 aromatic heterocycles. The van der Waals surface area contributed by atoms with Crippen LogP contribution in [0.2, 0.25) is 5.02 Å². The van der Waals surface area contributed by atoms with Gasteiger partial charge in [-0.15, -0.1) is 24.0 Å². The van der Waals surface area contributed by atoms with Crippen molar-refractivity contribution in [2.45, 2.75) is 19.8 Å². The highest BCUT2D eigenvalue weighted by Gasteiger charge is 2.09. The average Bonchev–Trinajstić information content (AvgIpc) is 2.72. The molecule has 0 saturated heterocycles. The molecule has 1 heterocycles. The van der Waals surface area contributed by atoms with Gasteiger partial charge in [0, 0.05) is 50.0 Å². The van der Waals surface area contributed by atoms with Crippen molar-refractivity contribution in [1.29, 1.82) is 0 Å². The Bertz CT molecular complexity index is 755. The molecule has 0 aliphatic carbocycles. The van der Waals surface area contributed by atoms with Crippen LogP contribution in [0.3, 0.4) is 0 Å². The zero-order chi connectivity index (χ0) is 20.2. The maximum Gasteiger partial charge on any atom is 0.244 e. The zero-order valence-corrected chi connectivity index (χ0v) is 20.0. The second kappa shape index (κ2) is 14.2. The second-order valence-electron chi connectivity index (χ2n) is 6.38. The fourth-order valence-electron chi connectivity index (χ4n) is 2.54. The summed E-state index contributed by atoms with van der Waals surface area (Å²) in [5, 5.41) is 7.16. The van der Waals surface area contributed by atoms with Gasteiger partial charge in [0.2, 0.25) is 5.91 Å². The van der Waals surface area contributed by atoms with Crippen molar-refractivity contribution in [2.75, 3.05) is 33.2 Å². The summed E-state index contributed by atoms with van der Waals surface area (Å²) in [6.07, 6.45) is 3.34. The predicted molar refractivity (Wildman–Crippen MR) is 130 cm³/mol. The van der Waals surface area contributed by atoms with Crippen LogP contribution in [0, 0.1) is 0 Å². The predicted octanol–water partition coefficient (Wildman–Crippen LogP) is 3.15. The lowest BCUT2D eigenvalue weighted by Crippen LogP contribution is -2.39. The van der Waals surface area contributed by atoms with E-state index in [1.54, 1.807) is 18.1 Å². The number of hydrogen-bond donors (Lipinski definition) is 2. The van der Waals surface area contributed by atoms with E-state index >= 15 is 0 Å². The van der Waals surface area contributed by atoms with Crippen LogP contribution in [0.25, 0.3) is 0 Å². The van der Waals surface area contributed by atoms with Crippen LogP contribution < -0.4 is 10.6 Å². The van der Waals surface area contributed by atoms with Gasteiger partial charge < -0.3 is 15.5 Å². The largest absolute Gasteiger partial charge is 0.357 e. The van der Waals surface area contributed by atoms with Crippen LogP contribution in [0.5, 0.6) is 0 Å². The Hall–Kier alpha value is -1.87. The number of rotatable bonds is 9. The van der Waals surface area contributed by atoms with Crippen molar-refractivity contribution in [3.05, 3.63) is 64.9 Å². The molecule has 8 heteroatoms. The third-order valence-corrected chi connectivity index (χ3v) is 4.44. The van der Waals surface area contributed by atoms with Crippen LogP contribution in [-0.2, 0) is 17.6 Å². The molecular formula is C21H29ClIN5O. The number of carbonyl (C=O) groups excluding carboxylic acids is 1. The number of likely N-dealkylation sites (N-methyl/N-ethyl adjacent to an activating group) is 1. The van der Waals surface area contributed by atoms with Crippen molar-refractivity contribution in [1.82, 2.24) is 20.5 Å². The Kier molecular flexibility index (Phi) is 12.3. The highest BCUT2D eigenvalue weighted by Crippen LogP contribution is 2.09. The lowest BCUT2D eigenvalue weighted by atomic mass is 10.1. The van der Waals surface area contributed by atoms with E-state index in [9.17, 15) is 4.79 Å². The minimum Gasteiger partial charge on any atom is -0.357 e. The monoisotopic (exact) mass is 529 g/mol. The maximum atomic E-state index is 12.3. The highest BCUT2D eigenvalue weighted by atomic mass is 127. The number of aromatic nitrogens is 1.